The van der Waals surface area contributed by atoms with Crippen LogP contribution < -0.4 is 9.44 Å². The van der Waals surface area contributed by atoms with Crippen LogP contribution in [0, 0.1) is 0 Å². The van der Waals surface area contributed by atoms with Crippen LogP contribution in [0.15, 0.2) is 30.3 Å². The average Bonchev–Trinajstić information content (AvgIpc) is 2.34. The molecule has 0 radical (unpaired) electrons. The van der Waals surface area contributed by atoms with Gasteiger partial charge in [-0.2, -0.15) is 13.1 Å². The molecule has 0 saturated carbocycles. The van der Waals surface area contributed by atoms with Gasteiger partial charge in [-0.1, -0.05) is 37.3 Å². The molecular weight excluding hydrogens is 256 g/mol. The molecule has 1 atom stereocenters. The normalized spacial score (nSPS) is 13.2. The Balaban J connectivity index is 2.86. The Labute approximate surface area is 106 Å². The molecule has 100 valence electrons. The molecule has 0 amide bonds. The molecule has 0 aliphatic rings. The van der Waals surface area contributed by atoms with E-state index < -0.39 is 22.2 Å². The second-order valence-corrected chi connectivity index (χ2v) is 5.23. The molecule has 3 N–H and O–H groups in total. The highest BCUT2D eigenvalue weighted by Gasteiger charge is 2.24. The largest absolute Gasteiger partial charge is 0.480 e. The van der Waals surface area contributed by atoms with Gasteiger partial charge in [0.05, 0.1) is 0 Å². The van der Waals surface area contributed by atoms with Gasteiger partial charge in [0.25, 0.3) is 10.2 Å². The molecule has 1 aromatic carbocycles. The number of carboxylic acid groups (broad SMARTS) is 1. The van der Waals surface area contributed by atoms with Crippen LogP contribution in [0.5, 0.6) is 0 Å². The molecule has 1 aromatic rings. The van der Waals surface area contributed by atoms with Crippen molar-refractivity contribution in [3.05, 3.63) is 35.9 Å². The van der Waals surface area contributed by atoms with E-state index in [0.29, 0.717) is 12.0 Å². The first kappa shape index (κ1) is 14.6. The first-order valence-corrected chi connectivity index (χ1v) is 6.99. The summed E-state index contributed by atoms with van der Waals surface area (Å²) in [5, 5.41) is 9.06. The third kappa shape index (κ3) is 4.44. The van der Waals surface area contributed by atoms with Crippen molar-refractivity contribution in [2.45, 2.75) is 19.4 Å². The summed E-state index contributed by atoms with van der Waals surface area (Å²) in [6.07, 6.45) is 0.629. The fourth-order valence-electron chi connectivity index (χ4n) is 1.34. The third-order valence-electron chi connectivity index (χ3n) is 2.19. The number of hydrogen-bond donors (Lipinski definition) is 3. The third-order valence-corrected chi connectivity index (χ3v) is 3.33. The molecule has 0 aromatic heterocycles. The molecule has 0 spiro atoms. The van der Waals surface area contributed by atoms with E-state index in [1.54, 1.807) is 30.3 Å². The lowest BCUT2D eigenvalue weighted by atomic mass is 10.1. The Morgan fingerprint density at radius 3 is 2.44 bits per heavy atom. The number of nitrogens with one attached hydrogen (secondary N) is 2. The topological polar surface area (TPSA) is 95.5 Å². The molecule has 0 heterocycles. The Morgan fingerprint density at radius 1 is 1.33 bits per heavy atom. The summed E-state index contributed by atoms with van der Waals surface area (Å²) in [4.78, 5) is 11.1. The SMILES string of the molecule is CCCNS(=O)(=O)N[C@@H](C(=O)O)c1ccccc1. The van der Waals surface area contributed by atoms with Crippen LogP contribution in [0.3, 0.4) is 0 Å². The number of carboxylic acids is 1. The molecule has 0 bridgehead atoms. The Bertz CT molecular complexity index is 487. The molecule has 0 aliphatic carbocycles. The van der Waals surface area contributed by atoms with Crippen LogP contribution in [-0.4, -0.2) is 26.0 Å². The maximum absolute atomic E-state index is 11.6. The van der Waals surface area contributed by atoms with Crippen molar-refractivity contribution < 1.29 is 18.3 Å². The van der Waals surface area contributed by atoms with Gasteiger partial charge in [-0.3, -0.25) is 4.79 Å². The second-order valence-electron chi connectivity index (χ2n) is 3.70. The minimum Gasteiger partial charge on any atom is -0.480 e. The summed E-state index contributed by atoms with van der Waals surface area (Å²) in [5.41, 5.74) is 0.381. The Hall–Kier alpha value is -1.44. The van der Waals surface area contributed by atoms with E-state index >= 15 is 0 Å². The number of aliphatic carboxylic acids is 1. The summed E-state index contributed by atoms with van der Waals surface area (Å²) in [7, 11) is -3.82. The van der Waals surface area contributed by atoms with Gasteiger partial charge in [0, 0.05) is 6.54 Å². The van der Waals surface area contributed by atoms with Crippen molar-refractivity contribution in [2.24, 2.45) is 0 Å². The summed E-state index contributed by atoms with van der Waals surface area (Å²) in [6, 6.07) is 6.85. The van der Waals surface area contributed by atoms with E-state index in [1.807, 2.05) is 6.92 Å². The van der Waals surface area contributed by atoms with Crippen molar-refractivity contribution in [2.75, 3.05) is 6.54 Å². The van der Waals surface area contributed by atoms with Crippen molar-refractivity contribution in [1.29, 1.82) is 0 Å². The van der Waals surface area contributed by atoms with Gasteiger partial charge in [-0.15, -0.1) is 0 Å². The molecule has 7 heteroatoms. The first-order valence-electron chi connectivity index (χ1n) is 5.51. The second kappa shape index (κ2) is 6.48. The zero-order valence-corrected chi connectivity index (χ0v) is 10.8. The zero-order chi connectivity index (χ0) is 13.6. The van der Waals surface area contributed by atoms with Crippen LogP contribution in [0.4, 0.5) is 0 Å². The number of benzene rings is 1. The molecule has 0 aliphatic heterocycles. The van der Waals surface area contributed by atoms with Gasteiger partial charge in [0.1, 0.15) is 6.04 Å². The monoisotopic (exact) mass is 272 g/mol. The predicted octanol–water partition coefficient (Wildman–Crippen LogP) is 0.646. The van der Waals surface area contributed by atoms with Crippen molar-refractivity contribution in [1.82, 2.24) is 9.44 Å². The van der Waals surface area contributed by atoms with Crippen molar-refractivity contribution in [3.63, 3.8) is 0 Å². The quantitative estimate of drug-likeness (QED) is 0.679. The summed E-state index contributed by atoms with van der Waals surface area (Å²) < 4.78 is 27.6. The summed E-state index contributed by atoms with van der Waals surface area (Å²) >= 11 is 0. The fourth-order valence-corrected chi connectivity index (χ4v) is 2.44. The molecule has 0 unspecified atom stereocenters. The minimum absolute atomic E-state index is 0.260. The van der Waals surface area contributed by atoms with Crippen LogP contribution in [0.2, 0.25) is 0 Å². The van der Waals surface area contributed by atoms with E-state index in [9.17, 15) is 13.2 Å². The Kier molecular flexibility index (Phi) is 5.26. The molecule has 0 saturated heterocycles. The van der Waals surface area contributed by atoms with Gasteiger partial charge in [-0.05, 0) is 12.0 Å². The highest BCUT2D eigenvalue weighted by atomic mass is 32.2. The van der Waals surface area contributed by atoms with Gasteiger partial charge in [0.15, 0.2) is 0 Å². The van der Waals surface area contributed by atoms with Crippen LogP contribution in [-0.2, 0) is 15.0 Å². The van der Waals surface area contributed by atoms with Gasteiger partial charge in [0.2, 0.25) is 0 Å². The smallest absolute Gasteiger partial charge is 0.326 e. The van der Waals surface area contributed by atoms with E-state index in [0.717, 1.165) is 0 Å². The van der Waals surface area contributed by atoms with E-state index in [-0.39, 0.29) is 6.54 Å². The summed E-state index contributed by atoms with van der Waals surface area (Å²) in [6.45, 7) is 2.07. The lowest BCUT2D eigenvalue weighted by Crippen LogP contribution is -2.41. The van der Waals surface area contributed by atoms with Crippen LogP contribution >= 0.6 is 0 Å². The number of rotatable bonds is 7. The number of hydrogen-bond acceptors (Lipinski definition) is 3. The Morgan fingerprint density at radius 2 is 1.94 bits per heavy atom. The fraction of sp³-hybridized carbons (Fsp3) is 0.364. The van der Waals surface area contributed by atoms with E-state index in [2.05, 4.69) is 9.44 Å². The molecule has 18 heavy (non-hydrogen) atoms. The van der Waals surface area contributed by atoms with Gasteiger partial charge >= 0.3 is 5.97 Å². The molecule has 0 fully saturated rings. The molecule has 6 nitrogen and oxygen atoms in total. The van der Waals surface area contributed by atoms with Gasteiger partial charge in [-0.25, -0.2) is 4.72 Å². The maximum atomic E-state index is 11.6. The van der Waals surface area contributed by atoms with E-state index in [1.165, 1.54) is 0 Å². The predicted molar refractivity (Wildman–Crippen MR) is 67.2 cm³/mol. The van der Waals surface area contributed by atoms with Gasteiger partial charge < -0.3 is 5.11 Å². The van der Waals surface area contributed by atoms with Crippen molar-refractivity contribution in [3.8, 4) is 0 Å². The summed E-state index contributed by atoms with van der Waals surface area (Å²) in [5.74, 6) is -1.25. The lowest BCUT2D eigenvalue weighted by Gasteiger charge is -2.15. The average molecular weight is 272 g/mol. The highest BCUT2D eigenvalue weighted by molar-refractivity contribution is 7.87. The molecular formula is C11H16N2O4S. The highest BCUT2D eigenvalue weighted by Crippen LogP contribution is 2.13. The lowest BCUT2D eigenvalue weighted by molar-refractivity contribution is -0.139. The molecule has 1 rings (SSSR count). The van der Waals surface area contributed by atoms with Crippen LogP contribution in [0.25, 0.3) is 0 Å². The first-order chi connectivity index (χ1) is 8.46. The number of carbonyl (C=O) groups is 1. The standard InChI is InChI=1S/C11H16N2O4S/c1-2-8-12-18(16,17)13-10(11(14)15)9-6-4-3-5-7-9/h3-7,10,12-13H,2,8H2,1H3,(H,14,15)/t10-/m1/s1. The minimum atomic E-state index is -3.82. The maximum Gasteiger partial charge on any atom is 0.326 e. The van der Waals surface area contributed by atoms with Crippen LogP contribution in [0.1, 0.15) is 24.9 Å². The zero-order valence-electron chi connectivity index (χ0n) is 9.96. The van der Waals surface area contributed by atoms with Crippen molar-refractivity contribution >= 4 is 16.2 Å². The van der Waals surface area contributed by atoms with E-state index in [4.69, 9.17) is 5.11 Å².